The van der Waals surface area contributed by atoms with E-state index in [1.165, 1.54) is 6.07 Å². The molecule has 126 valence electrons. The first kappa shape index (κ1) is 16.7. The Morgan fingerprint density at radius 3 is 2.17 bits per heavy atom. The van der Waals surface area contributed by atoms with Crippen LogP contribution in [0.5, 0.6) is 0 Å². The molecule has 5 heteroatoms. The van der Waals surface area contributed by atoms with Crippen LogP contribution in [0.25, 0.3) is 11.1 Å². The molecule has 0 heterocycles. The van der Waals surface area contributed by atoms with Gasteiger partial charge in [0.2, 0.25) is 0 Å². The molecular formula is C19H15F5. The van der Waals surface area contributed by atoms with Gasteiger partial charge in [0.05, 0.1) is 5.56 Å². The van der Waals surface area contributed by atoms with Crippen LogP contribution in [0.4, 0.5) is 22.0 Å². The van der Waals surface area contributed by atoms with Crippen LogP contribution in [0.3, 0.4) is 0 Å². The van der Waals surface area contributed by atoms with E-state index in [1.54, 1.807) is 0 Å². The summed E-state index contributed by atoms with van der Waals surface area (Å²) in [6, 6.07) is 2.41. The lowest BCUT2D eigenvalue weighted by molar-refractivity contribution is 0.447. The standard InChI is InChI=1S/C19H15F5/c1-2-3-10-4-5-13-11(6-10)7-14(20)17(18(13)23)12-8-15(21)19(24)16(22)9-12/h4,7-9H,2-3,5-6H2,1H3. The van der Waals surface area contributed by atoms with Gasteiger partial charge in [-0.3, -0.25) is 0 Å². The third-order valence-corrected chi connectivity index (χ3v) is 4.27. The maximum Gasteiger partial charge on any atom is 0.194 e. The largest absolute Gasteiger partial charge is 0.206 e. The molecule has 0 unspecified atom stereocenters. The summed E-state index contributed by atoms with van der Waals surface area (Å²) in [6.07, 6.45) is 4.47. The van der Waals surface area contributed by atoms with E-state index < -0.39 is 34.6 Å². The molecule has 2 aromatic rings. The second-order valence-electron chi connectivity index (χ2n) is 5.93. The highest BCUT2D eigenvalue weighted by Gasteiger charge is 2.23. The molecule has 2 aromatic carbocycles. The van der Waals surface area contributed by atoms with Gasteiger partial charge in [0, 0.05) is 0 Å². The summed E-state index contributed by atoms with van der Waals surface area (Å²) in [6.45, 7) is 2.03. The minimum Gasteiger partial charge on any atom is -0.206 e. The van der Waals surface area contributed by atoms with Crippen LogP contribution in [-0.2, 0) is 12.8 Å². The smallest absolute Gasteiger partial charge is 0.194 e. The van der Waals surface area contributed by atoms with Gasteiger partial charge < -0.3 is 0 Å². The summed E-state index contributed by atoms with van der Waals surface area (Å²) < 4.78 is 69.0. The Labute approximate surface area is 136 Å². The van der Waals surface area contributed by atoms with Gasteiger partial charge in [0.1, 0.15) is 11.6 Å². The minimum absolute atomic E-state index is 0.302. The fraction of sp³-hybridized carbons (Fsp3) is 0.263. The van der Waals surface area contributed by atoms with Crippen molar-refractivity contribution in [2.75, 3.05) is 0 Å². The van der Waals surface area contributed by atoms with Crippen LogP contribution >= 0.6 is 0 Å². The zero-order valence-electron chi connectivity index (χ0n) is 13.0. The van der Waals surface area contributed by atoms with Crippen LogP contribution in [0.15, 0.2) is 29.8 Å². The van der Waals surface area contributed by atoms with Crippen LogP contribution in [-0.4, -0.2) is 0 Å². The monoisotopic (exact) mass is 338 g/mol. The first-order chi connectivity index (χ1) is 11.4. The lowest BCUT2D eigenvalue weighted by Crippen LogP contribution is -2.09. The topological polar surface area (TPSA) is 0 Å². The van der Waals surface area contributed by atoms with Crippen LogP contribution in [0, 0.1) is 29.1 Å². The molecule has 24 heavy (non-hydrogen) atoms. The Hall–Kier alpha value is -2.17. The van der Waals surface area contributed by atoms with Crippen molar-refractivity contribution in [2.24, 2.45) is 0 Å². The lowest BCUT2D eigenvalue weighted by atomic mass is 9.86. The second kappa shape index (κ2) is 6.38. The Kier molecular flexibility index (Phi) is 4.43. The van der Waals surface area contributed by atoms with Crippen molar-refractivity contribution in [3.63, 3.8) is 0 Å². The van der Waals surface area contributed by atoms with Crippen LogP contribution in [0.1, 0.15) is 30.9 Å². The highest BCUT2D eigenvalue weighted by molar-refractivity contribution is 5.67. The van der Waals surface area contributed by atoms with E-state index in [9.17, 15) is 22.0 Å². The molecule has 0 saturated carbocycles. The Morgan fingerprint density at radius 1 is 0.875 bits per heavy atom. The van der Waals surface area contributed by atoms with E-state index in [2.05, 4.69) is 0 Å². The first-order valence-corrected chi connectivity index (χ1v) is 7.75. The van der Waals surface area contributed by atoms with Crippen molar-refractivity contribution in [3.05, 3.63) is 70.1 Å². The summed E-state index contributed by atoms with van der Waals surface area (Å²) in [5, 5.41) is 0. The predicted octanol–water partition coefficient (Wildman–Crippen LogP) is 5.87. The van der Waals surface area contributed by atoms with E-state index in [0.717, 1.165) is 18.4 Å². The molecule has 0 radical (unpaired) electrons. The van der Waals surface area contributed by atoms with E-state index in [0.29, 0.717) is 36.1 Å². The summed E-state index contributed by atoms with van der Waals surface area (Å²) in [5.74, 6) is -6.38. The van der Waals surface area contributed by atoms with Gasteiger partial charge in [-0.2, -0.15) is 0 Å². The molecule has 1 aliphatic rings. The Morgan fingerprint density at radius 2 is 1.54 bits per heavy atom. The van der Waals surface area contributed by atoms with Gasteiger partial charge in [-0.05, 0) is 54.2 Å². The van der Waals surface area contributed by atoms with Crippen LogP contribution in [0.2, 0.25) is 0 Å². The number of hydrogen-bond acceptors (Lipinski definition) is 0. The molecule has 3 rings (SSSR count). The fourth-order valence-electron chi connectivity index (χ4n) is 3.13. The maximum absolute atomic E-state index is 14.8. The summed E-state index contributed by atoms with van der Waals surface area (Å²) in [7, 11) is 0. The fourth-order valence-corrected chi connectivity index (χ4v) is 3.13. The lowest BCUT2D eigenvalue weighted by Gasteiger charge is -2.20. The highest BCUT2D eigenvalue weighted by atomic mass is 19.2. The molecule has 0 saturated heterocycles. The molecular weight excluding hydrogens is 323 g/mol. The Balaban J connectivity index is 2.11. The van der Waals surface area contributed by atoms with Crippen molar-refractivity contribution in [1.29, 1.82) is 0 Å². The minimum atomic E-state index is -1.66. The Bertz CT molecular complexity index is 813. The predicted molar refractivity (Wildman–Crippen MR) is 82.1 cm³/mol. The zero-order valence-corrected chi connectivity index (χ0v) is 13.0. The maximum atomic E-state index is 14.8. The molecule has 0 N–H and O–H groups in total. The molecule has 0 spiro atoms. The van der Waals surface area contributed by atoms with Gasteiger partial charge in [0.15, 0.2) is 17.5 Å². The average molecular weight is 338 g/mol. The average Bonchev–Trinajstić information content (AvgIpc) is 2.52. The molecule has 0 aromatic heterocycles. The summed E-state index contributed by atoms with van der Waals surface area (Å²) in [5.41, 5.74) is 1.10. The van der Waals surface area contributed by atoms with Gasteiger partial charge in [-0.1, -0.05) is 25.0 Å². The van der Waals surface area contributed by atoms with Crippen molar-refractivity contribution in [3.8, 4) is 11.1 Å². The zero-order chi connectivity index (χ0) is 17.4. The second-order valence-corrected chi connectivity index (χ2v) is 5.93. The number of hydrogen-bond donors (Lipinski definition) is 0. The van der Waals surface area contributed by atoms with E-state index in [4.69, 9.17) is 0 Å². The molecule has 1 aliphatic carbocycles. The molecule has 0 aliphatic heterocycles. The van der Waals surface area contributed by atoms with Gasteiger partial charge >= 0.3 is 0 Å². The quantitative estimate of drug-likeness (QED) is 0.373. The molecule has 0 atom stereocenters. The van der Waals surface area contributed by atoms with Gasteiger partial charge in [0.25, 0.3) is 0 Å². The van der Waals surface area contributed by atoms with E-state index in [1.807, 2.05) is 13.0 Å². The number of rotatable bonds is 3. The van der Waals surface area contributed by atoms with E-state index >= 15 is 0 Å². The SMILES string of the molecule is CCCC1=CCc2c(cc(F)c(-c3cc(F)c(F)c(F)c3)c2F)C1. The number of fused-ring (bicyclic) bond motifs is 1. The van der Waals surface area contributed by atoms with E-state index in [-0.39, 0.29) is 5.56 Å². The van der Waals surface area contributed by atoms with Gasteiger partial charge in [-0.15, -0.1) is 0 Å². The molecule has 0 nitrogen and oxygen atoms in total. The normalized spacial score (nSPS) is 13.7. The van der Waals surface area contributed by atoms with Crippen molar-refractivity contribution >= 4 is 0 Å². The van der Waals surface area contributed by atoms with Crippen molar-refractivity contribution in [1.82, 2.24) is 0 Å². The summed E-state index contributed by atoms with van der Waals surface area (Å²) >= 11 is 0. The number of halogens is 5. The molecule has 0 amide bonds. The van der Waals surface area contributed by atoms with Crippen molar-refractivity contribution in [2.45, 2.75) is 32.6 Å². The van der Waals surface area contributed by atoms with Crippen molar-refractivity contribution < 1.29 is 22.0 Å². The molecule has 0 bridgehead atoms. The summed E-state index contributed by atoms with van der Waals surface area (Å²) in [4.78, 5) is 0. The highest BCUT2D eigenvalue weighted by Crippen LogP contribution is 2.35. The first-order valence-electron chi connectivity index (χ1n) is 7.75. The van der Waals surface area contributed by atoms with Crippen LogP contribution < -0.4 is 0 Å². The number of benzene rings is 2. The van der Waals surface area contributed by atoms with Gasteiger partial charge in [-0.25, -0.2) is 22.0 Å². The third kappa shape index (κ3) is 2.83. The third-order valence-electron chi connectivity index (χ3n) is 4.27. The molecule has 0 fully saturated rings. The number of allylic oxidation sites excluding steroid dienone is 2.